The molecule has 4 N–H and O–H groups in total. The number of halogens is 1. The second kappa shape index (κ2) is 9.37. The van der Waals surface area contributed by atoms with Gasteiger partial charge in [-0.05, 0) is 50.0 Å². The van der Waals surface area contributed by atoms with Crippen LogP contribution in [0.5, 0.6) is 0 Å². The van der Waals surface area contributed by atoms with Crippen molar-refractivity contribution in [3.8, 4) is 0 Å². The van der Waals surface area contributed by atoms with E-state index in [-0.39, 0.29) is 18.3 Å². The number of nitrogens with one attached hydrogen (secondary N) is 2. The van der Waals surface area contributed by atoms with Gasteiger partial charge in [-0.1, -0.05) is 13.0 Å². The van der Waals surface area contributed by atoms with Crippen molar-refractivity contribution in [3.63, 3.8) is 0 Å². The molecule has 0 spiro atoms. The molecule has 0 aromatic heterocycles. The van der Waals surface area contributed by atoms with Crippen LogP contribution in [0.3, 0.4) is 0 Å². The van der Waals surface area contributed by atoms with E-state index >= 15 is 0 Å². The van der Waals surface area contributed by atoms with Crippen molar-refractivity contribution in [3.05, 3.63) is 29.8 Å². The summed E-state index contributed by atoms with van der Waals surface area (Å²) in [6, 6.07) is 6.26. The first-order valence-corrected chi connectivity index (χ1v) is 7.76. The van der Waals surface area contributed by atoms with Crippen molar-refractivity contribution in [1.82, 2.24) is 10.2 Å². The number of likely N-dealkylation sites (tertiary alicyclic amines) is 1. The molecule has 1 aromatic carbocycles. The Balaban J connectivity index is 0.00000264. The summed E-state index contributed by atoms with van der Waals surface area (Å²) in [5, 5.41) is 5.86. The zero-order valence-corrected chi connectivity index (χ0v) is 14.2. The number of urea groups is 1. The van der Waals surface area contributed by atoms with Gasteiger partial charge < -0.3 is 21.3 Å². The summed E-state index contributed by atoms with van der Waals surface area (Å²) in [5.74, 6) is 0.655. The molecule has 0 radical (unpaired) electrons. The fourth-order valence-electron chi connectivity index (χ4n) is 2.74. The molecule has 6 nitrogen and oxygen atoms in total. The smallest absolute Gasteiger partial charge is 0.316 e. The number of primary amides is 1. The van der Waals surface area contributed by atoms with E-state index in [4.69, 9.17) is 5.73 Å². The number of piperidine rings is 1. The fourth-order valence-corrected chi connectivity index (χ4v) is 2.74. The van der Waals surface area contributed by atoms with Crippen LogP contribution in [0.15, 0.2) is 24.3 Å². The van der Waals surface area contributed by atoms with E-state index in [1.165, 1.54) is 0 Å². The standard InChI is InChI=1S/C16H24N4O2.ClH/c1-2-18-11-12-6-8-20(9-7-12)15(21)13-4-3-5-14(10-13)19-16(17)22;/h3-5,10,12,18H,2,6-9,11H2,1H3,(H3,17,19,22);1H. The maximum absolute atomic E-state index is 12.5. The van der Waals surface area contributed by atoms with E-state index < -0.39 is 6.03 Å². The number of nitrogens with two attached hydrogens (primary N) is 1. The van der Waals surface area contributed by atoms with Gasteiger partial charge in [-0.25, -0.2) is 4.79 Å². The van der Waals surface area contributed by atoms with E-state index in [2.05, 4.69) is 17.6 Å². The lowest BCUT2D eigenvalue weighted by molar-refractivity contribution is 0.0690. The number of rotatable bonds is 5. The number of benzene rings is 1. The first kappa shape index (κ1) is 19.3. The summed E-state index contributed by atoms with van der Waals surface area (Å²) >= 11 is 0. The van der Waals surface area contributed by atoms with Crippen molar-refractivity contribution in [2.45, 2.75) is 19.8 Å². The van der Waals surface area contributed by atoms with Gasteiger partial charge >= 0.3 is 6.03 Å². The van der Waals surface area contributed by atoms with Gasteiger partial charge in [0.2, 0.25) is 0 Å². The van der Waals surface area contributed by atoms with Gasteiger partial charge in [0.05, 0.1) is 0 Å². The average Bonchev–Trinajstić information content (AvgIpc) is 2.52. The molecule has 0 bridgehead atoms. The van der Waals surface area contributed by atoms with Gasteiger partial charge in [-0.2, -0.15) is 0 Å². The highest BCUT2D eigenvalue weighted by Gasteiger charge is 2.23. The van der Waals surface area contributed by atoms with Crippen LogP contribution in [0.25, 0.3) is 0 Å². The van der Waals surface area contributed by atoms with Gasteiger partial charge in [0.25, 0.3) is 5.91 Å². The normalized spacial score (nSPS) is 14.9. The largest absolute Gasteiger partial charge is 0.351 e. The molecule has 128 valence electrons. The maximum Gasteiger partial charge on any atom is 0.316 e. The maximum atomic E-state index is 12.5. The summed E-state index contributed by atoms with van der Waals surface area (Å²) in [6.45, 7) is 5.67. The summed E-state index contributed by atoms with van der Waals surface area (Å²) in [5.41, 5.74) is 6.22. The van der Waals surface area contributed by atoms with E-state index in [1.807, 2.05) is 4.90 Å². The summed E-state index contributed by atoms with van der Waals surface area (Å²) < 4.78 is 0. The highest BCUT2D eigenvalue weighted by Crippen LogP contribution is 2.19. The molecule has 1 aromatic rings. The quantitative estimate of drug-likeness (QED) is 0.766. The Morgan fingerprint density at radius 1 is 1.30 bits per heavy atom. The molecule has 1 heterocycles. The lowest BCUT2D eigenvalue weighted by Gasteiger charge is -2.32. The van der Waals surface area contributed by atoms with Crippen LogP contribution in [-0.2, 0) is 0 Å². The number of hydrogen-bond acceptors (Lipinski definition) is 3. The predicted octanol–water partition coefficient (Wildman–Crippen LogP) is 2.06. The number of nitrogens with zero attached hydrogens (tertiary/aromatic N) is 1. The van der Waals surface area contributed by atoms with Crippen LogP contribution in [0.2, 0.25) is 0 Å². The Kier molecular flexibility index (Phi) is 7.85. The van der Waals surface area contributed by atoms with Crippen LogP contribution in [0, 0.1) is 5.92 Å². The zero-order valence-electron chi connectivity index (χ0n) is 13.4. The number of carbonyl (C=O) groups excluding carboxylic acids is 2. The highest BCUT2D eigenvalue weighted by atomic mass is 35.5. The summed E-state index contributed by atoms with van der Waals surface area (Å²) in [4.78, 5) is 25.3. The first-order chi connectivity index (χ1) is 10.6. The van der Waals surface area contributed by atoms with Gasteiger partial charge in [-0.15, -0.1) is 12.4 Å². The SMILES string of the molecule is CCNCC1CCN(C(=O)c2cccc(NC(N)=O)c2)CC1.Cl. The molecule has 1 saturated heterocycles. The molecule has 3 amide bonds. The molecule has 1 aliphatic rings. The third kappa shape index (κ3) is 5.73. The fraction of sp³-hybridized carbons (Fsp3) is 0.500. The van der Waals surface area contributed by atoms with Crippen LogP contribution in [0.1, 0.15) is 30.1 Å². The second-order valence-electron chi connectivity index (χ2n) is 5.61. The molecule has 0 aliphatic carbocycles. The Hall–Kier alpha value is -1.79. The van der Waals surface area contributed by atoms with Crippen LogP contribution >= 0.6 is 12.4 Å². The molecule has 0 saturated carbocycles. The summed E-state index contributed by atoms with van der Waals surface area (Å²) in [7, 11) is 0. The van der Waals surface area contributed by atoms with Gasteiger partial charge in [-0.3, -0.25) is 4.79 Å². The van der Waals surface area contributed by atoms with Crippen LogP contribution in [-0.4, -0.2) is 43.0 Å². The Morgan fingerprint density at radius 3 is 2.61 bits per heavy atom. The predicted molar refractivity (Wildman–Crippen MR) is 94.1 cm³/mol. The first-order valence-electron chi connectivity index (χ1n) is 7.76. The van der Waals surface area contributed by atoms with Crippen LogP contribution in [0.4, 0.5) is 10.5 Å². The lowest BCUT2D eigenvalue weighted by Crippen LogP contribution is -2.40. The minimum absolute atomic E-state index is 0. The van der Waals surface area contributed by atoms with E-state index in [9.17, 15) is 9.59 Å². The van der Waals surface area contributed by atoms with Gasteiger partial charge in [0.1, 0.15) is 0 Å². The molecule has 0 unspecified atom stereocenters. The molecule has 0 atom stereocenters. The molecule has 23 heavy (non-hydrogen) atoms. The molecule has 7 heteroatoms. The van der Waals surface area contributed by atoms with Gasteiger partial charge in [0, 0.05) is 24.3 Å². The van der Waals surface area contributed by atoms with Crippen molar-refractivity contribution < 1.29 is 9.59 Å². The Morgan fingerprint density at radius 2 is 2.00 bits per heavy atom. The van der Waals surface area contributed by atoms with Crippen LogP contribution < -0.4 is 16.4 Å². The third-order valence-corrected chi connectivity index (χ3v) is 3.96. The topological polar surface area (TPSA) is 87.5 Å². The van der Waals surface area contributed by atoms with Crippen molar-refractivity contribution in [1.29, 1.82) is 0 Å². The lowest BCUT2D eigenvalue weighted by atomic mass is 9.96. The van der Waals surface area contributed by atoms with E-state index in [1.54, 1.807) is 24.3 Å². The van der Waals surface area contributed by atoms with Crippen molar-refractivity contribution in [2.75, 3.05) is 31.5 Å². The second-order valence-corrected chi connectivity index (χ2v) is 5.61. The Bertz CT molecular complexity index is 531. The molecular formula is C16H25ClN4O2. The minimum Gasteiger partial charge on any atom is -0.351 e. The van der Waals surface area contributed by atoms with Gasteiger partial charge in [0.15, 0.2) is 0 Å². The highest BCUT2D eigenvalue weighted by molar-refractivity contribution is 5.96. The summed E-state index contributed by atoms with van der Waals surface area (Å²) in [6.07, 6.45) is 2.05. The number of amides is 3. The third-order valence-electron chi connectivity index (χ3n) is 3.96. The zero-order chi connectivity index (χ0) is 15.9. The number of anilines is 1. The number of hydrogen-bond donors (Lipinski definition) is 3. The average molecular weight is 341 g/mol. The molecule has 2 rings (SSSR count). The Labute approximate surface area is 143 Å². The molecular weight excluding hydrogens is 316 g/mol. The van der Waals surface area contributed by atoms with E-state index in [0.717, 1.165) is 39.0 Å². The van der Waals surface area contributed by atoms with Crippen molar-refractivity contribution >= 4 is 30.0 Å². The number of carbonyl (C=O) groups is 2. The molecule has 1 aliphatic heterocycles. The monoisotopic (exact) mass is 340 g/mol. The minimum atomic E-state index is -0.631. The molecule has 1 fully saturated rings. The van der Waals surface area contributed by atoms with Crippen molar-refractivity contribution in [2.24, 2.45) is 11.7 Å². The van der Waals surface area contributed by atoms with E-state index in [0.29, 0.717) is 17.2 Å².